The Bertz CT molecular complexity index is 1070. The van der Waals surface area contributed by atoms with E-state index in [0.717, 1.165) is 12.1 Å². The number of aromatic nitrogens is 2. The van der Waals surface area contributed by atoms with E-state index in [-0.39, 0.29) is 27.8 Å². The lowest BCUT2D eigenvalue weighted by Crippen LogP contribution is -2.25. The highest BCUT2D eigenvalue weighted by Gasteiger charge is 2.32. The molecule has 3 aromatic rings. The monoisotopic (exact) mass is 440 g/mol. The van der Waals surface area contributed by atoms with Gasteiger partial charge in [0.15, 0.2) is 0 Å². The fourth-order valence-electron chi connectivity index (χ4n) is 2.91. The standard InChI is InChI=1S/C20H20ClF3N4O2/c1-2-30-16-8-11(19(29)26-7-3-6-25)4-5-13(16)18-27-15-10-12(20(22,23)24)9-14(21)17(15)28-18/h4-5,8-10H,2-3,6-7,25H2,1H3,(H,26,29)(H,27,28). The van der Waals surface area contributed by atoms with E-state index in [1.165, 1.54) is 0 Å². The molecule has 1 heterocycles. The maximum absolute atomic E-state index is 13.1. The number of fused-ring (bicyclic) bond motifs is 1. The average Bonchev–Trinajstić information content (AvgIpc) is 3.12. The van der Waals surface area contributed by atoms with Crippen molar-refractivity contribution in [2.75, 3.05) is 19.7 Å². The molecular formula is C20H20ClF3N4O2. The van der Waals surface area contributed by atoms with E-state index in [0.29, 0.717) is 43.0 Å². The second kappa shape index (κ2) is 8.93. The van der Waals surface area contributed by atoms with E-state index < -0.39 is 11.7 Å². The molecule has 1 amide bonds. The van der Waals surface area contributed by atoms with Gasteiger partial charge in [-0.1, -0.05) is 11.6 Å². The molecule has 0 radical (unpaired) electrons. The second-order valence-corrected chi connectivity index (χ2v) is 6.89. The molecule has 1 aromatic heterocycles. The van der Waals surface area contributed by atoms with Crippen LogP contribution in [0.1, 0.15) is 29.3 Å². The minimum Gasteiger partial charge on any atom is -0.493 e. The average molecular weight is 441 g/mol. The first-order valence-electron chi connectivity index (χ1n) is 9.26. The summed E-state index contributed by atoms with van der Waals surface area (Å²) >= 11 is 6.02. The number of aromatic amines is 1. The maximum Gasteiger partial charge on any atom is 0.416 e. The number of hydrogen-bond donors (Lipinski definition) is 3. The fourth-order valence-corrected chi connectivity index (χ4v) is 3.17. The van der Waals surface area contributed by atoms with Crippen LogP contribution in [0.15, 0.2) is 30.3 Å². The number of halogens is 4. The highest BCUT2D eigenvalue weighted by molar-refractivity contribution is 6.35. The fraction of sp³-hybridized carbons (Fsp3) is 0.300. The molecule has 30 heavy (non-hydrogen) atoms. The van der Waals surface area contributed by atoms with E-state index in [4.69, 9.17) is 22.1 Å². The molecule has 0 aliphatic heterocycles. The SMILES string of the molecule is CCOc1cc(C(=O)NCCCN)ccc1-c1nc2c(Cl)cc(C(F)(F)F)cc2[nH]1. The number of H-pyrrole nitrogens is 1. The zero-order valence-electron chi connectivity index (χ0n) is 16.1. The summed E-state index contributed by atoms with van der Waals surface area (Å²) in [6, 6.07) is 6.57. The van der Waals surface area contributed by atoms with Gasteiger partial charge in [0, 0.05) is 12.1 Å². The highest BCUT2D eigenvalue weighted by atomic mass is 35.5. The lowest BCUT2D eigenvalue weighted by Gasteiger charge is -2.11. The lowest BCUT2D eigenvalue weighted by atomic mass is 10.1. The summed E-state index contributed by atoms with van der Waals surface area (Å²) in [6.07, 6.45) is -3.87. The Morgan fingerprint density at radius 3 is 2.73 bits per heavy atom. The molecule has 0 saturated heterocycles. The lowest BCUT2D eigenvalue weighted by molar-refractivity contribution is -0.137. The minimum atomic E-state index is -4.53. The summed E-state index contributed by atoms with van der Waals surface area (Å²) in [5.41, 5.74) is 5.79. The smallest absolute Gasteiger partial charge is 0.416 e. The third-order valence-corrected chi connectivity index (χ3v) is 4.62. The van der Waals surface area contributed by atoms with E-state index >= 15 is 0 Å². The molecule has 6 nitrogen and oxygen atoms in total. The number of nitrogens with one attached hydrogen (secondary N) is 2. The van der Waals surface area contributed by atoms with E-state index in [1.54, 1.807) is 25.1 Å². The Balaban J connectivity index is 2.01. The van der Waals surface area contributed by atoms with Gasteiger partial charge >= 0.3 is 6.18 Å². The van der Waals surface area contributed by atoms with Gasteiger partial charge in [-0.25, -0.2) is 4.98 Å². The van der Waals surface area contributed by atoms with Gasteiger partial charge in [0.25, 0.3) is 5.91 Å². The second-order valence-electron chi connectivity index (χ2n) is 6.48. The first-order valence-corrected chi connectivity index (χ1v) is 9.64. The van der Waals surface area contributed by atoms with Crippen LogP contribution >= 0.6 is 11.6 Å². The topological polar surface area (TPSA) is 93.0 Å². The first kappa shape index (κ1) is 21.9. The molecule has 2 aromatic carbocycles. The normalized spacial score (nSPS) is 11.7. The van der Waals surface area contributed by atoms with Crippen molar-refractivity contribution in [1.29, 1.82) is 0 Å². The Kier molecular flexibility index (Phi) is 6.52. The summed E-state index contributed by atoms with van der Waals surface area (Å²) in [5.74, 6) is 0.374. The van der Waals surface area contributed by atoms with Crippen molar-refractivity contribution < 1.29 is 22.7 Å². The molecule has 160 valence electrons. The molecule has 0 aliphatic carbocycles. The van der Waals surface area contributed by atoms with Crippen molar-refractivity contribution in [2.45, 2.75) is 19.5 Å². The first-order chi connectivity index (χ1) is 14.2. The molecule has 0 saturated carbocycles. The number of nitrogens with zero attached hydrogens (tertiary/aromatic N) is 1. The number of ether oxygens (including phenoxy) is 1. The van der Waals surface area contributed by atoms with Crippen molar-refractivity contribution >= 4 is 28.5 Å². The van der Waals surface area contributed by atoms with Crippen LogP contribution in [0.25, 0.3) is 22.4 Å². The molecule has 4 N–H and O–H groups in total. The van der Waals surface area contributed by atoms with Crippen molar-refractivity contribution in [1.82, 2.24) is 15.3 Å². The van der Waals surface area contributed by atoms with Crippen LogP contribution in [-0.2, 0) is 6.18 Å². The number of rotatable bonds is 7. The molecule has 0 bridgehead atoms. The summed E-state index contributed by atoms with van der Waals surface area (Å²) < 4.78 is 44.8. The Morgan fingerprint density at radius 1 is 1.30 bits per heavy atom. The predicted octanol–water partition coefficient (Wildman–Crippen LogP) is 4.38. The molecule has 0 atom stereocenters. The quantitative estimate of drug-likeness (QED) is 0.475. The molecule has 3 rings (SSSR count). The van der Waals surface area contributed by atoms with Gasteiger partial charge in [-0.15, -0.1) is 0 Å². The van der Waals surface area contributed by atoms with Crippen LogP contribution in [0, 0.1) is 0 Å². The van der Waals surface area contributed by atoms with E-state index in [9.17, 15) is 18.0 Å². The maximum atomic E-state index is 13.1. The Labute approximate surface area is 175 Å². The van der Waals surface area contributed by atoms with Crippen LogP contribution in [-0.4, -0.2) is 35.6 Å². The molecular weight excluding hydrogens is 421 g/mol. The molecule has 10 heteroatoms. The van der Waals surface area contributed by atoms with Gasteiger partial charge in [-0.2, -0.15) is 13.2 Å². The third kappa shape index (κ3) is 4.68. The highest BCUT2D eigenvalue weighted by Crippen LogP contribution is 2.37. The largest absolute Gasteiger partial charge is 0.493 e. The van der Waals surface area contributed by atoms with Crippen LogP contribution in [0.4, 0.5) is 13.2 Å². The van der Waals surface area contributed by atoms with E-state index in [1.807, 2.05) is 0 Å². The van der Waals surface area contributed by atoms with Gasteiger partial charge < -0.3 is 20.8 Å². The van der Waals surface area contributed by atoms with Crippen molar-refractivity contribution in [3.63, 3.8) is 0 Å². The van der Waals surface area contributed by atoms with Gasteiger partial charge in [0.1, 0.15) is 17.1 Å². The summed E-state index contributed by atoms with van der Waals surface area (Å²) in [6.45, 7) is 3.02. The van der Waals surface area contributed by atoms with Crippen LogP contribution in [0.5, 0.6) is 5.75 Å². The Hall–Kier alpha value is -2.78. The van der Waals surface area contributed by atoms with Gasteiger partial charge in [0.05, 0.1) is 28.3 Å². The number of alkyl halides is 3. The number of carbonyl (C=O) groups excluding carboxylic acids is 1. The van der Waals surface area contributed by atoms with Crippen LogP contribution in [0.2, 0.25) is 5.02 Å². The van der Waals surface area contributed by atoms with E-state index in [2.05, 4.69) is 15.3 Å². The summed E-state index contributed by atoms with van der Waals surface area (Å²) in [7, 11) is 0. The number of amides is 1. The number of imidazole rings is 1. The van der Waals surface area contributed by atoms with Gasteiger partial charge in [-0.05, 0) is 50.2 Å². The van der Waals surface area contributed by atoms with Crippen molar-refractivity contribution in [2.24, 2.45) is 5.73 Å². The third-order valence-electron chi connectivity index (χ3n) is 4.33. The summed E-state index contributed by atoms with van der Waals surface area (Å²) in [5, 5.41) is 2.64. The minimum absolute atomic E-state index is 0.115. The molecule has 0 unspecified atom stereocenters. The van der Waals surface area contributed by atoms with Gasteiger partial charge in [-0.3, -0.25) is 4.79 Å². The zero-order chi connectivity index (χ0) is 21.9. The number of hydrogen-bond acceptors (Lipinski definition) is 4. The van der Waals surface area contributed by atoms with Crippen LogP contribution in [0.3, 0.4) is 0 Å². The molecule has 0 aliphatic rings. The number of nitrogens with two attached hydrogens (primary N) is 1. The molecule has 0 fully saturated rings. The van der Waals surface area contributed by atoms with Gasteiger partial charge in [0.2, 0.25) is 0 Å². The van der Waals surface area contributed by atoms with Crippen molar-refractivity contribution in [3.05, 3.63) is 46.5 Å². The summed E-state index contributed by atoms with van der Waals surface area (Å²) in [4.78, 5) is 19.5. The zero-order valence-corrected chi connectivity index (χ0v) is 16.8. The molecule has 0 spiro atoms. The predicted molar refractivity (Wildman–Crippen MR) is 109 cm³/mol. The van der Waals surface area contributed by atoms with Crippen molar-refractivity contribution in [3.8, 4) is 17.1 Å². The number of benzene rings is 2. The van der Waals surface area contributed by atoms with Crippen LogP contribution < -0.4 is 15.8 Å². The number of carbonyl (C=O) groups is 1. The Morgan fingerprint density at radius 2 is 2.07 bits per heavy atom.